The van der Waals surface area contributed by atoms with Crippen LogP contribution in [0, 0.1) is 11.3 Å². The van der Waals surface area contributed by atoms with Crippen LogP contribution in [0.3, 0.4) is 0 Å². The van der Waals surface area contributed by atoms with Crippen molar-refractivity contribution in [1.82, 2.24) is 0 Å². The second-order valence-electron chi connectivity index (χ2n) is 3.32. The standard InChI is InChI=1S/C11H10N2O/c12-8-9-1-2-11-10(7-9)3-4-13(11)5-6-14/h1-2,6-7H,3-5H2. The van der Waals surface area contributed by atoms with Gasteiger partial charge in [0.2, 0.25) is 0 Å². The zero-order chi connectivity index (χ0) is 9.97. The SMILES string of the molecule is N#Cc1ccc2c(c1)CCN2CC=O. The molecule has 2 rings (SSSR count). The summed E-state index contributed by atoms with van der Waals surface area (Å²) >= 11 is 0. The molecule has 0 N–H and O–H groups in total. The van der Waals surface area contributed by atoms with Crippen LogP contribution in [-0.2, 0) is 11.2 Å². The monoisotopic (exact) mass is 186 g/mol. The van der Waals surface area contributed by atoms with Crippen molar-refractivity contribution < 1.29 is 4.79 Å². The van der Waals surface area contributed by atoms with Gasteiger partial charge in [-0.3, -0.25) is 0 Å². The molecular weight excluding hydrogens is 176 g/mol. The first-order chi connectivity index (χ1) is 6.85. The molecule has 0 aromatic heterocycles. The molecule has 0 saturated heterocycles. The average Bonchev–Trinajstić information content (AvgIpc) is 2.61. The Bertz CT molecular complexity index is 406. The average molecular weight is 186 g/mol. The van der Waals surface area contributed by atoms with Gasteiger partial charge in [-0.2, -0.15) is 5.26 Å². The summed E-state index contributed by atoms with van der Waals surface area (Å²) in [6.45, 7) is 1.32. The largest absolute Gasteiger partial charge is 0.364 e. The number of anilines is 1. The lowest BCUT2D eigenvalue weighted by Crippen LogP contribution is -2.22. The molecule has 3 heteroatoms. The lowest BCUT2D eigenvalue weighted by Gasteiger charge is -2.15. The highest BCUT2D eigenvalue weighted by atomic mass is 16.1. The van der Waals surface area contributed by atoms with Gasteiger partial charge in [0.05, 0.1) is 18.2 Å². The summed E-state index contributed by atoms with van der Waals surface area (Å²) in [5.41, 5.74) is 2.96. The lowest BCUT2D eigenvalue weighted by molar-refractivity contribution is -0.106. The summed E-state index contributed by atoms with van der Waals surface area (Å²) in [5.74, 6) is 0. The fraction of sp³-hybridized carbons (Fsp3) is 0.273. The van der Waals surface area contributed by atoms with Crippen molar-refractivity contribution in [2.75, 3.05) is 18.0 Å². The van der Waals surface area contributed by atoms with Gasteiger partial charge in [-0.1, -0.05) is 0 Å². The minimum absolute atomic E-state index is 0.443. The zero-order valence-corrected chi connectivity index (χ0v) is 7.73. The number of aldehydes is 1. The first-order valence-electron chi connectivity index (χ1n) is 4.57. The van der Waals surface area contributed by atoms with Crippen molar-refractivity contribution in [3.8, 4) is 6.07 Å². The summed E-state index contributed by atoms with van der Waals surface area (Å²) in [6.07, 6.45) is 1.84. The molecule has 1 heterocycles. The smallest absolute Gasteiger partial charge is 0.139 e. The Kier molecular flexibility index (Phi) is 2.19. The zero-order valence-electron chi connectivity index (χ0n) is 7.73. The van der Waals surface area contributed by atoms with E-state index >= 15 is 0 Å². The maximum atomic E-state index is 10.4. The number of carbonyl (C=O) groups is 1. The van der Waals surface area contributed by atoms with E-state index in [1.807, 2.05) is 17.0 Å². The quantitative estimate of drug-likeness (QED) is 0.650. The molecule has 0 aliphatic carbocycles. The van der Waals surface area contributed by atoms with Gasteiger partial charge in [0.15, 0.2) is 0 Å². The van der Waals surface area contributed by atoms with Crippen molar-refractivity contribution in [2.24, 2.45) is 0 Å². The molecular formula is C11H10N2O. The molecule has 3 nitrogen and oxygen atoms in total. The van der Waals surface area contributed by atoms with E-state index in [0.717, 1.165) is 24.9 Å². The number of hydrogen-bond acceptors (Lipinski definition) is 3. The summed E-state index contributed by atoms with van der Waals surface area (Å²) < 4.78 is 0. The van der Waals surface area contributed by atoms with Gasteiger partial charge < -0.3 is 9.69 Å². The number of fused-ring (bicyclic) bond motifs is 1. The molecule has 0 spiro atoms. The van der Waals surface area contributed by atoms with Crippen LogP contribution in [0.25, 0.3) is 0 Å². The molecule has 0 bridgehead atoms. The fourth-order valence-electron chi connectivity index (χ4n) is 1.82. The Balaban J connectivity index is 2.34. The van der Waals surface area contributed by atoms with Crippen LogP contribution in [0.4, 0.5) is 5.69 Å². The number of benzene rings is 1. The summed E-state index contributed by atoms with van der Waals surface area (Å²) in [4.78, 5) is 12.4. The normalized spacial score (nSPS) is 13.5. The summed E-state index contributed by atoms with van der Waals surface area (Å²) in [5, 5.41) is 8.72. The Morgan fingerprint density at radius 2 is 2.43 bits per heavy atom. The molecule has 0 atom stereocenters. The molecule has 0 radical (unpaired) electrons. The highest BCUT2D eigenvalue weighted by Gasteiger charge is 2.18. The molecule has 14 heavy (non-hydrogen) atoms. The van der Waals surface area contributed by atoms with Crippen LogP contribution in [0.1, 0.15) is 11.1 Å². The van der Waals surface area contributed by atoms with Crippen LogP contribution in [0.2, 0.25) is 0 Å². The van der Waals surface area contributed by atoms with Crippen LogP contribution >= 0.6 is 0 Å². The number of carbonyl (C=O) groups excluding carboxylic acids is 1. The number of rotatable bonds is 2. The third kappa shape index (κ3) is 1.35. The van der Waals surface area contributed by atoms with Gasteiger partial charge in [0.1, 0.15) is 6.29 Å². The van der Waals surface area contributed by atoms with Crippen molar-refractivity contribution in [1.29, 1.82) is 5.26 Å². The molecule has 0 amide bonds. The van der Waals surface area contributed by atoms with E-state index in [2.05, 4.69) is 6.07 Å². The number of hydrogen-bond donors (Lipinski definition) is 0. The van der Waals surface area contributed by atoms with Gasteiger partial charge in [-0.05, 0) is 30.2 Å². The van der Waals surface area contributed by atoms with Crippen LogP contribution < -0.4 is 4.90 Å². The molecule has 1 aliphatic heterocycles. The van der Waals surface area contributed by atoms with Gasteiger partial charge in [-0.15, -0.1) is 0 Å². The highest BCUT2D eigenvalue weighted by molar-refractivity contribution is 5.67. The van der Waals surface area contributed by atoms with Gasteiger partial charge in [-0.25, -0.2) is 0 Å². The van der Waals surface area contributed by atoms with E-state index < -0.39 is 0 Å². The van der Waals surface area contributed by atoms with E-state index in [9.17, 15) is 4.79 Å². The minimum atomic E-state index is 0.443. The maximum Gasteiger partial charge on any atom is 0.139 e. The number of nitrogens with zero attached hydrogens (tertiary/aromatic N) is 2. The van der Waals surface area contributed by atoms with E-state index in [1.165, 1.54) is 5.56 Å². The Labute approximate surface area is 82.6 Å². The molecule has 1 aromatic carbocycles. The van der Waals surface area contributed by atoms with Crippen LogP contribution in [0.5, 0.6) is 0 Å². The Hall–Kier alpha value is -1.82. The topological polar surface area (TPSA) is 44.1 Å². The van der Waals surface area contributed by atoms with Crippen molar-refractivity contribution >= 4 is 12.0 Å². The third-order valence-electron chi connectivity index (χ3n) is 2.50. The Morgan fingerprint density at radius 1 is 1.57 bits per heavy atom. The molecule has 1 aromatic rings. The summed E-state index contributed by atoms with van der Waals surface area (Å²) in [7, 11) is 0. The minimum Gasteiger partial charge on any atom is -0.364 e. The fourth-order valence-corrected chi connectivity index (χ4v) is 1.82. The molecule has 0 fully saturated rings. The molecule has 0 unspecified atom stereocenters. The maximum absolute atomic E-state index is 10.4. The van der Waals surface area contributed by atoms with Gasteiger partial charge in [0.25, 0.3) is 0 Å². The number of nitriles is 1. The van der Waals surface area contributed by atoms with E-state index in [1.54, 1.807) is 6.07 Å². The van der Waals surface area contributed by atoms with Crippen molar-refractivity contribution in [3.63, 3.8) is 0 Å². The predicted octanol–water partition coefficient (Wildman–Crippen LogP) is 1.12. The van der Waals surface area contributed by atoms with Crippen molar-refractivity contribution in [3.05, 3.63) is 29.3 Å². The first-order valence-corrected chi connectivity index (χ1v) is 4.57. The predicted molar refractivity (Wildman–Crippen MR) is 53.1 cm³/mol. The van der Waals surface area contributed by atoms with E-state index in [4.69, 9.17) is 5.26 Å². The van der Waals surface area contributed by atoms with E-state index in [-0.39, 0.29) is 0 Å². The summed E-state index contributed by atoms with van der Waals surface area (Å²) in [6, 6.07) is 7.73. The first kappa shape index (κ1) is 8.76. The lowest BCUT2D eigenvalue weighted by atomic mass is 10.1. The molecule has 0 saturated carbocycles. The third-order valence-corrected chi connectivity index (χ3v) is 2.50. The van der Waals surface area contributed by atoms with Gasteiger partial charge >= 0.3 is 0 Å². The van der Waals surface area contributed by atoms with Crippen molar-refractivity contribution in [2.45, 2.75) is 6.42 Å². The van der Waals surface area contributed by atoms with Crippen LogP contribution in [-0.4, -0.2) is 19.4 Å². The second kappa shape index (κ2) is 3.51. The van der Waals surface area contributed by atoms with Gasteiger partial charge in [0, 0.05) is 12.2 Å². The van der Waals surface area contributed by atoms with E-state index in [0.29, 0.717) is 12.1 Å². The van der Waals surface area contributed by atoms with Crippen LogP contribution in [0.15, 0.2) is 18.2 Å². The Morgan fingerprint density at radius 3 is 3.14 bits per heavy atom. The molecule has 70 valence electrons. The molecule has 1 aliphatic rings. The highest BCUT2D eigenvalue weighted by Crippen LogP contribution is 2.27. The second-order valence-corrected chi connectivity index (χ2v) is 3.32.